The fraction of sp³-hybridized carbons (Fsp3) is 0.793. The zero-order valence-electron chi connectivity index (χ0n) is 19.8. The summed E-state index contributed by atoms with van der Waals surface area (Å²) in [5, 5.41) is 3.83. The summed E-state index contributed by atoms with van der Waals surface area (Å²) in [4.78, 5) is 0. The molecule has 30 heavy (non-hydrogen) atoms. The summed E-state index contributed by atoms with van der Waals surface area (Å²) >= 11 is 0. The Bertz CT molecular complexity index is 712. The van der Waals surface area contributed by atoms with Crippen LogP contribution in [0, 0.1) is 46.3 Å². The van der Waals surface area contributed by atoms with Crippen LogP contribution in [-0.4, -0.2) is 6.54 Å². The van der Waals surface area contributed by atoms with Crippen LogP contribution in [0.15, 0.2) is 30.3 Å². The molecule has 4 aliphatic carbocycles. The summed E-state index contributed by atoms with van der Waals surface area (Å²) in [5.74, 6) is 6.15. The third-order valence-electron chi connectivity index (χ3n) is 11.0. The second-order valence-corrected chi connectivity index (χ2v) is 12.3. The molecular formula is C29H45N. The fourth-order valence-electron chi connectivity index (χ4n) is 8.94. The highest BCUT2D eigenvalue weighted by Gasteiger charge is 2.57. The Morgan fingerprint density at radius 1 is 0.867 bits per heavy atom. The van der Waals surface area contributed by atoms with Gasteiger partial charge in [-0.15, -0.1) is 0 Å². The van der Waals surface area contributed by atoms with Gasteiger partial charge in [0.15, 0.2) is 0 Å². The summed E-state index contributed by atoms with van der Waals surface area (Å²) < 4.78 is 0. The molecule has 0 amide bonds. The molecule has 0 aromatic heterocycles. The van der Waals surface area contributed by atoms with Gasteiger partial charge in [-0.3, -0.25) is 0 Å². The van der Waals surface area contributed by atoms with Gasteiger partial charge in [-0.25, -0.2) is 0 Å². The van der Waals surface area contributed by atoms with Crippen molar-refractivity contribution in [2.45, 2.75) is 91.5 Å². The van der Waals surface area contributed by atoms with Crippen molar-refractivity contribution in [3.63, 3.8) is 0 Å². The van der Waals surface area contributed by atoms with E-state index in [9.17, 15) is 0 Å². The topological polar surface area (TPSA) is 12.0 Å². The number of rotatable bonds is 5. The van der Waals surface area contributed by atoms with E-state index in [-0.39, 0.29) is 0 Å². The van der Waals surface area contributed by atoms with E-state index in [2.05, 4.69) is 56.4 Å². The first kappa shape index (κ1) is 21.0. The molecule has 5 rings (SSSR count). The molecule has 0 bridgehead atoms. The van der Waals surface area contributed by atoms with Crippen molar-refractivity contribution >= 4 is 0 Å². The minimum atomic E-state index is 0.601. The minimum absolute atomic E-state index is 0.601. The van der Waals surface area contributed by atoms with Gasteiger partial charge in [-0.2, -0.15) is 0 Å². The molecule has 0 radical (unpaired) electrons. The predicted octanol–water partition coefficient (Wildman–Crippen LogP) is 7.46. The molecule has 4 fully saturated rings. The summed E-state index contributed by atoms with van der Waals surface area (Å²) in [7, 11) is 0. The van der Waals surface area contributed by atoms with Crippen LogP contribution in [0.5, 0.6) is 0 Å². The van der Waals surface area contributed by atoms with Gasteiger partial charge in [0.1, 0.15) is 0 Å². The normalized spacial score (nSPS) is 45.4. The van der Waals surface area contributed by atoms with Gasteiger partial charge in [-0.05, 0) is 116 Å². The largest absolute Gasteiger partial charge is 0.312 e. The molecule has 166 valence electrons. The Labute approximate surface area is 185 Å². The van der Waals surface area contributed by atoms with Crippen molar-refractivity contribution in [1.82, 2.24) is 5.32 Å². The number of benzene rings is 1. The highest BCUT2D eigenvalue weighted by atomic mass is 14.9. The zero-order chi connectivity index (χ0) is 20.8. The SMILES string of the molecule is CC[C@]1(C)CCC2C(CCC3C2CCC2(C)C(CNCc4ccccc4)CCC32)C1. The smallest absolute Gasteiger partial charge is 0.0205 e. The van der Waals surface area contributed by atoms with Crippen LogP contribution in [0.25, 0.3) is 0 Å². The van der Waals surface area contributed by atoms with Crippen LogP contribution in [0.2, 0.25) is 0 Å². The maximum atomic E-state index is 3.83. The molecule has 0 spiro atoms. The van der Waals surface area contributed by atoms with E-state index >= 15 is 0 Å². The fourth-order valence-corrected chi connectivity index (χ4v) is 8.94. The maximum absolute atomic E-state index is 3.83. The summed E-state index contributed by atoms with van der Waals surface area (Å²) in [5.41, 5.74) is 2.68. The van der Waals surface area contributed by atoms with Crippen LogP contribution in [0.4, 0.5) is 0 Å². The van der Waals surface area contributed by atoms with Gasteiger partial charge in [0.05, 0.1) is 0 Å². The molecule has 1 aromatic carbocycles. The monoisotopic (exact) mass is 407 g/mol. The zero-order valence-corrected chi connectivity index (χ0v) is 19.8. The third kappa shape index (κ3) is 3.68. The molecule has 1 heteroatoms. The Morgan fingerprint density at radius 3 is 2.47 bits per heavy atom. The lowest BCUT2D eigenvalue weighted by molar-refractivity contribution is -0.0780. The van der Waals surface area contributed by atoms with Crippen molar-refractivity contribution < 1.29 is 0 Å². The molecule has 1 N–H and O–H groups in total. The highest BCUT2D eigenvalue weighted by Crippen LogP contribution is 2.65. The Kier molecular flexibility index (Phi) is 5.80. The van der Waals surface area contributed by atoms with Crippen LogP contribution in [0.3, 0.4) is 0 Å². The molecule has 1 nitrogen and oxygen atoms in total. The average Bonchev–Trinajstić information content (AvgIpc) is 3.10. The lowest BCUT2D eigenvalue weighted by Crippen LogP contribution is -2.50. The lowest BCUT2D eigenvalue weighted by atomic mass is 9.48. The van der Waals surface area contributed by atoms with Gasteiger partial charge < -0.3 is 5.32 Å². The van der Waals surface area contributed by atoms with E-state index < -0.39 is 0 Å². The average molecular weight is 408 g/mol. The molecule has 0 heterocycles. The van der Waals surface area contributed by atoms with Gasteiger partial charge in [0.2, 0.25) is 0 Å². The van der Waals surface area contributed by atoms with Crippen molar-refractivity contribution in [3.05, 3.63) is 35.9 Å². The second kappa shape index (κ2) is 8.27. The molecule has 7 unspecified atom stereocenters. The van der Waals surface area contributed by atoms with Crippen molar-refractivity contribution in [3.8, 4) is 0 Å². The first-order valence-corrected chi connectivity index (χ1v) is 13.3. The standard InChI is InChI=1S/C29H45N/c1-4-28(2)16-14-24-22(18-28)10-12-26-25(24)15-17-29(3)23(11-13-27(26)29)20-30-19-21-8-6-5-7-9-21/h5-9,22-27,30H,4,10-20H2,1-3H3/t22?,23?,24?,25?,26?,27?,28-,29?/m1/s1. The first-order valence-electron chi connectivity index (χ1n) is 13.3. The van der Waals surface area contributed by atoms with Crippen LogP contribution < -0.4 is 5.32 Å². The third-order valence-corrected chi connectivity index (χ3v) is 11.0. The van der Waals surface area contributed by atoms with Crippen molar-refractivity contribution in [1.29, 1.82) is 0 Å². The highest BCUT2D eigenvalue weighted by molar-refractivity contribution is 5.14. The summed E-state index contributed by atoms with van der Waals surface area (Å²) in [6, 6.07) is 11.0. The van der Waals surface area contributed by atoms with Crippen molar-refractivity contribution in [2.75, 3.05) is 6.54 Å². The summed E-state index contributed by atoms with van der Waals surface area (Å²) in [6.07, 6.45) is 15.1. The van der Waals surface area contributed by atoms with Gasteiger partial charge in [-0.1, -0.05) is 57.5 Å². The van der Waals surface area contributed by atoms with Crippen LogP contribution in [0.1, 0.15) is 90.5 Å². The van der Waals surface area contributed by atoms with Gasteiger partial charge in [0.25, 0.3) is 0 Å². The molecular weight excluding hydrogens is 362 g/mol. The lowest BCUT2D eigenvalue weighted by Gasteiger charge is -2.57. The Morgan fingerprint density at radius 2 is 1.67 bits per heavy atom. The molecule has 0 aliphatic heterocycles. The van der Waals surface area contributed by atoms with Crippen LogP contribution in [-0.2, 0) is 6.54 Å². The van der Waals surface area contributed by atoms with E-state index in [4.69, 9.17) is 0 Å². The van der Waals surface area contributed by atoms with Crippen molar-refractivity contribution in [2.24, 2.45) is 46.3 Å². The first-order chi connectivity index (χ1) is 14.5. The quantitative estimate of drug-likeness (QED) is 0.534. The summed E-state index contributed by atoms with van der Waals surface area (Å²) in [6.45, 7) is 9.96. The Balaban J connectivity index is 1.22. The van der Waals surface area contributed by atoms with E-state index in [1.807, 2.05) is 0 Å². The number of hydrogen-bond acceptors (Lipinski definition) is 1. The molecule has 4 aliphatic rings. The Hall–Kier alpha value is -0.820. The van der Waals surface area contributed by atoms with E-state index in [0.29, 0.717) is 10.8 Å². The predicted molar refractivity (Wildman–Crippen MR) is 127 cm³/mol. The molecule has 1 aromatic rings. The van der Waals surface area contributed by atoms with Crippen LogP contribution >= 0.6 is 0 Å². The molecule has 0 saturated heterocycles. The van der Waals surface area contributed by atoms with E-state index in [1.54, 1.807) is 19.3 Å². The maximum Gasteiger partial charge on any atom is 0.0205 e. The number of hydrogen-bond donors (Lipinski definition) is 1. The number of nitrogens with one attached hydrogen (secondary N) is 1. The van der Waals surface area contributed by atoms with E-state index in [1.165, 1.54) is 57.1 Å². The molecule has 8 atom stereocenters. The van der Waals surface area contributed by atoms with E-state index in [0.717, 1.165) is 42.1 Å². The minimum Gasteiger partial charge on any atom is -0.312 e. The number of fused-ring (bicyclic) bond motifs is 5. The second-order valence-electron chi connectivity index (χ2n) is 12.3. The van der Waals surface area contributed by atoms with Gasteiger partial charge >= 0.3 is 0 Å². The van der Waals surface area contributed by atoms with Gasteiger partial charge in [0, 0.05) is 6.54 Å². The molecule has 4 saturated carbocycles.